The number of aromatic amines is 1. The molecule has 2 N–H and O–H groups in total. The molecule has 3 aromatic rings. The highest BCUT2D eigenvalue weighted by molar-refractivity contribution is 7.09. The van der Waals surface area contributed by atoms with Gasteiger partial charge in [-0.05, 0) is 18.5 Å². The minimum atomic E-state index is 0.0501. The summed E-state index contributed by atoms with van der Waals surface area (Å²) in [6, 6.07) is 0.0501. The van der Waals surface area contributed by atoms with Gasteiger partial charge in [-0.25, -0.2) is 4.98 Å². The van der Waals surface area contributed by atoms with Gasteiger partial charge >= 0.3 is 0 Å². The van der Waals surface area contributed by atoms with E-state index in [0.29, 0.717) is 11.5 Å². The Morgan fingerprint density at radius 1 is 1.44 bits per heavy atom. The van der Waals surface area contributed by atoms with Gasteiger partial charge in [0.1, 0.15) is 10.8 Å². The van der Waals surface area contributed by atoms with Gasteiger partial charge in [0.05, 0.1) is 17.6 Å². The van der Waals surface area contributed by atoms with E-state index in [1.54, 1.807) is 23.7 Å². The van der Waals surface area contributed by atoms with E-state index in [-0.39, 0.29) is 11.3 Å². The van der Waals surface area contributed by atoms with Crippen LogP contribution in [0.5, 0.6) is 0 Å². The Labute approximate surface area is 111 Å². The van der Waals surface area contributed by atoms with Gasteiger partial charge in [-0.2, -0.15) is 15.1 Å². The smallest absolute Gasteiger partial charge is 0.226 e. The number of hydrogen-bond acceptors (Lipinski definition) is 6. The van der Waals surface area contributed by atoms with E-state index >= 15 is 0 Å². The molecule has 0 aliphatic rings. The lowest BCUT2D eigenvalue weighted by Crippen LogP contribution is -2.08. The number of nitrogens with zero attached hydrogens (tertiary/aromatic N) is 4. The second-order valence-corrected chi connectivity index (χ2v) is 4.97. The van der Waals surface area contributed by atoms with Crippen molar-refractivity contribution in [3.8, 4) is 0 Å². The van der Waals surface area contributed by atoms with E-state index in [1.807, 2.05) is 12.3 Å². The monoisotopic (exact) mass is 280 g/mol. The lowest BCUT2D eigenvalue weighted by Gasteiger charge is -2.12. The number of H-pyrrole nitrogens is 1. The highest BCUT2D eigenvalue weighted by Crippen LogP contribution is 2.25. The summed E-state index contributed by atoms with van der Waals surface area (Å²) in [5, 5.41) is 13.9. The summed E-state index contributed by atoms with van der Waals surface area (Å²) in [6.07, 6.45) is 3.45. The number of thiazole rings is 1. The van der Waals surface area contributed by atoms with Crippen LogP contribution in [0.25, 0.3) is 11.0 Å². The largest absolute Gasteiger partial charge is 0.360 e. The topological polar surface area (TPSA) is 79.4 Å². The number of halogens is 1. The van der Waals surface area contributed by atoms with Crippen molar-refractivity contribution in [3.05, 3.63) is 28.1 Å². The van der Waals surface area contributed by atoms with Crippen molar-refractivity contribution in [1.29, 1.82) is 0 Å². The quantitative estimate of drug-likeness (QED) is 0.721. The number of hydrogen-bond donors (Lipinski definition) is 2. The molecular formula is C10H9ClN6S. The average Bonchev–Trinajstić information content (AvgIpc) is 2.98. The maximum absolute atomic E-state index is 5.87. The van der Waals surface area contributed by atoms with Crippen LogP contribution < -0.4 is 5.32 Å². The Balaban J connectivity index is 1.97. The van der Waals surface area contributed by atoms with Crippen LogP contribution in [0.1, 0.15) is 18.0 Å². The van der Waals surface area contributed by atoms with Crippen LogP contribution >= 0.6 is 22.9 Å². The number of nitrogens with one attached hydrogen (secondary N) is 2. The lowest BCUT2D eigenvalue weighted by atomic mass is 10.3. The van der Waals surface area contributed by atoms with Gasteiger partial charge in [0, 0.05) is 11.6 Å². The van der Waals surface area contributed by atoms with Crippen molar-refractivity contribution in [2.45, 2.75) is 13.0 Å². The molecule has 92 valence electrons. The zero-order valence-corrected chi connectivity index (χ0v) is 11.0. The fourth-order valence-corrected chi connectivity index (χ4v) is 2.45. The first-order valence-corrected chi connectivity index (χ1v) is 6.52. The van der Waals surface area contributed by atoms with Gasteiger partial charge in [-0.3, -0.25) is 5.10 Å². The van der Waals surface area contributed by atoms with Crippen LogP contribution in [0.3, 0.4) is 0 Å². The Bertz CT molecular complexity index is 664. The molecule has 0 amide bonds. The minimum Gasteiger partial charge on any atom is -0.360 e. The molecule has 0 spiro atoms. The number of aromatic nitrogens is 5. The minimum absolute atomic E-state index is 0.0501. The summed E-state index contributed by atoms with van der Waals surface area (Å²) >= 11 is 7.45. The summed E-state index contributed by atoms with van der Waals surface area (Å²) in [5.41, 5.74) is 0.615. The molecule has 0 aromatic carbocycles. The van der Waals surface area contributed by atoms with Crippen LogP contribution in [-0.4, -0.2) is 25.1 Å². The Morgan fingerprint density at radius 2 is 2.33 bits per heavy atom. The first kappa shape index (κ1) is 11.4. The van der Waals surface area contributed by atoms with Crippen LogP contribution in [0.2, 0.25) is 5.28 Å². The maximum atomic E-state index is 5.87. The van der Waals surface area contributed by atoms with Crippen molar-refractivity contribution in [2.75, 3.05) is 5.32 Å². The average molecular weight is 281 g/mol. The summed E-state index contributed by atoms with van der Waals surface area (Å²) in [6.45, 7) is 2.01. The highest BCUT2D eigenvalue weighted by Gasteiger charge is 2.13. The van der Waals surface area contributed by atoms with Crippen LogP contribution in [0.4, 0.5) is 5.82 Å². The Morgan fingerprint density at radius 3 is 3.11 bits per heavy atom. The maximum Gasteiger partial charge on any atom is 0.226 e. The third-order valence-corrected chi connectivity index (χ3v) is 3.58. The molecule has 0 aliphatic carbocycles. The molecule has 0 saturated carbocycles. The van der Waals surface area contributed by atoms with Crippen molar-refractivity contribution in [1.82, 2.24) is 25.1 Å². The zero-order chi connectivity index (χ0) is 12.5. The number of fused-ring (bicyclic) bond motifs is 1. The van der Waals surface area contributed by atoms with Crippen LogP contribution in [-0.2, 0) is 0 Å². The number of anilines is 1. The van der Waals surface area contributed by atoms with Gasteiger partial charge < -0.3 is 5.32 Å². The predicted octanol–water partition coefficient (Wildman–Crippen LogP) is 2.64. The molecule has 0 radical (unpaired) electrons. The van der Waals surface area contributed by atoms with Crippen molar-refractivity contribution < 1.29 is 0 Å². The molecule has 0 bridgehead atoms. The molecule has 8 heteroatoms. The van der Waals surface area contributed by atoms with E-state index < -0.39 is 0 Å². The summed E-state index contributed by atoms with van der Waals surface area (Å²) in [7, 11) is 0. The molecule has 18 heavy (non-hydrogen) atoms. The van der Waals surface area contributed by atoms with Gasteiger partial charge in [-0.15, -0.1) is 11.3 Å². The molecule has 3 heterocycles. The van der Waals surface area contributed by atoms with E-state index in [4.69, 9.17) is 11.6 Å². The molecule has 6 nitrogen and oxygen atoms in total. The van der Waals surface area contributed by atoms with E-state index in [2.05, 4.69) is 30.5 Å². The molecule has 1 unspecified atom stereocenters. The second kappa shape index (κ2) is 4.51. The third kappa shape index (κ3) is 2.02. The fraction of sp³-hybridized carbons (Fsp3) is 0.200. The zero-order valence-electron chi connectivity index (χ0n) is 9.38. The molecule has 0 aliphatic heterocycles. The second-order valence-electron chi connectivity index (χ2n) is 3.71. The molecule has 3 rings (SSSR count). The Hall–Kier alpha value is -1.73. The molecule has 0 saturated heterocycles. The first-order chi connectivity index (χ1) is 8.74. The standard InChI is InChI=1S/C10H9ClN6S/c1-5(9-12-2-3-18-9)14-7-6-4-13-17-8(6)16-10(11)15-7/h2-5H,1H3,(H2,13,14,15,16,17). The fourth-order valence-electron chi connectivity index (χ4n) is 1.63. The first-order valence-electron chi connectivity index (χ1n) is 5.26. The molecule has 3 aromatic heterocycles. The molecular weight excluding hydrogens is 272 g/mol. The molecule has 0 fully saturated rings. The Kier molecular flexibility index (Phi) is 2.85. The van der Waals surface area contributed by atoms with Crippen molar-refractivity contribution >= 4 is 39.8 Å². The van der Waals surface area contributed by atoms with E-state index in [1.165, 1.54) is 0 Å². The third-order valence-electron chi connectivity index (χ3n) is 2.46. The van der Waals surface area contributed by atoms with E-state index in [0.717, 1.165) is 10.4 Å². The van der Waals surface area contributed by atoms with E-state index in [9.17, 15) is 0 Å². The normalized spacial score (nSPS) is 12.8. The highest BCUT2D eigenvalue weighted by atomic mass is 35.5. The van der Waals surface area contributed by atoms with Crippen LogP contribution in [0.15, 0.2) is 17.8 Å². The van der Waals surface area contributed by atoms with Crippen LogP contribution in [0, 0.1) is 0 Å². The summed E-state index contributed by atoms with van der Waals surface area (Å²) in [4.78, 5) is 12.5. The predicted molar refractivity (Wildman–Crippen MR) is 70.8 cm³/mol. The summed E-state index contributed by atoms with van der Waals surface area (Å²) in [5.74, 6) is 0.654. The molecule has 1 atom stereocenters. The van der Waals surface area contributed by atoms with Crippen molar-refractivity contribution in [3.63, 3.8) is 0 Å². The lowest BCUT2D eigenvalue weighted by molar-refractivity contribution is 0.862. The van der Waals surface area contributed by atoms with Crippen molar-refractivity contribution in [2.24, 2.45) is 0 Å². The van der Waals surface area contributed by atoms with Gasteiger partial charge in [0.25, 0.3) is 0 Å². The SMILES string of the molecule is CC(Nc1nc(Cl)nc2[nH]ncc12)c1nccs1. The summed E-state index contributed by atoms with van der Waals surface area (Å²) < 4.78 is 0. The number of rotatable bonds is 3. The van der Waals surface area contributed by atoms with Gasteiger partial charge in [-0.1, -0.05) is 0 Å². The van der Waals surface area contributed by atoms with Gasteiger partial charge in [0.15, 0.2) is 5.65 Å². The van der Waals surface area contributed by atoms with Gasteiger partial charge in [0.2, 0.25) is 5.28 Å².